The van der Waals surface area contributed by atoms with Gasteiger partial charge in [0.05, 0.1) is 5.70 Å². The zero-order chi connectivity index (χ0) is 35.7. The number of rotatable bonds is 7. The average Bonchev–Trinajstić information content (AvgIpc) is 3.43. The minimum absolute atomic E-state index is 0.0470. The number of amidine groups is 2. The van der Waals surface area contributed by atoms with Crippen molar-refractivity contribution in [3.63, 3.8) is 0 Å². The highest BCUT2D eigenvalue weighted by atomic mass is 19.3. The Balaban J connectivity index is 1.17. The smallest absolute Gasteiger partial charge is 0.299 e. The second-order valence-electron chi connectivity index (χ2n) is 12.2. The summed E-state index contributed by atoms with van der Waals surface area (Å²) in [7, 11) is 0. The van der Waals surface area contributed by atoms with E-state index in [1.165, 1.54) is 12.1 Å². The summed E-state index contributed by atoms with van der Waals surface area (Å²) < 4.78 is 33.0. The van der Waals surface area contributed by atoms with E-state index < -0.39 is 5.92 Å². The number of hydrogen-bond acceptors (Lipinski definition) is 4. The van der Waals surface area contributed by atoms with Crippen molar-refractivity contribution in [3.05, 3.63) is 192 Å². The Morgan fingerprint density at radius 1 is 0.500 bits per heavy atom. The molecule has 0 bridgehead atoms. The van der Waals surface area contributed by atoms with Gasteiger partial charge in [-0.05, 0) is 28.8 Å². The summed E-state index contributed by atoms with van der Waals surface area (Å²) in [4.78, 5) is 23.5. The number of halogens is 2. The van der Waals surface area contributed by atoms with Gasteiger partial charge >= 0.3 is 0 Å². The molecular formula is C44H30F2N6. The fourth-order valence-corrected chi connectivity index (χ4v) is 6.20. The quantitative estimate of drug-likeness (QED) is 0.134. The van der Waals surface area contributed by atoms with Crippen LogP contribution in [0.25, 0.3) is 51.0 Å². The molecule has 0 atom stereocenters. The number of benzene rings is 6. The Hall–Kier alpha value is -6.93. The van der Waals surface area contributed by atoms with Gasteiger partial charge in [-0.3, -0.25) is 0 Å². The van der Waals surface area contributed by atoms with E-state index >= 15 is 8.78 Å². The fourth-order valence-electron chi connectivity index (χ4n) is 6.20. The van der Waals surface area contributed by atoms with Crippen molar-refractivity contribution in [2.45, 2.75) is 5.92 Å². The number of fused-ring (bicyclic) bond motifs is 3. The predicted octanol–water partition coefficient (Wildman–Crippen LogP) is 9.82. The maximum absolute atomic E-state index is 16.5. The summed E-state index contributed by atoms with van der Waals surface area (Å²) in [5, 5.41) is 0. The van der Waals surface area contributed by atoms with Gasteiger partial charge in [-0.1, -0.05) is 152 Å². The summed E-state index contributed by atoms with van der Waals surface area (Å²) in [6, 6.07) is 47.6. The molecule has 8 heteroatoms. The molecule has 52 heavy (non-hydrogen) atoms. The van der Waals surface area contributed by atoms with Crippen LogP contribution in [0.3, 0.4) is 0 Å². The molecule has 1 aliphatic rings. The number of nitrogens with zero attached hydrogens (tertiary/aromatic N) is 5. The molecule has 0 amide bonds. The highest BCUT2D eigenvalue weighted by Crippen LogP contribution is 2.52. The predicted molar refractivity (Wildman–Crippen MR) is 204 cm³/mol. The van der Waals surface area contributed by atoms with Crippen LogP contribution < -0.4 is 5.73 Å². The van der Waals surface area contributed by atoms with E-state index in [1.54, 1.807) is 24.3 Å². The molecule has 1 aromatic heterocycles. The van der Waals surface area contributed by atoms with E-state index in [9.17, 15) is 0 Å². The first-order valence-corrected chi connectivity index (χ1v) is 16.6. The van der Waals surface area contributed by atoms with Crippen molar-refractivity contribution in [3.8, 4) is 45.3 Å². The first-order chi connectivity index (χ1) is 25.3. The Kier molecular flexibility index (Phi) is 8.33. The third kappa shape index (κ3) is 6.18. The minimum Gasteiger partial charge on any atom is -0.383 e. The molecular weight excluding hydrogens is 651 g/mol. The molecule has 8 rings (SSSR count). The van der Waals surface area contributed by atoms with Gasteiger partial charge in [-0.25, -0.2) is 24.9 Å². The molecule has 6 nitrogen and oxygen atoms in total. The standard InChI is InChI=1S/C44H30F2N6/c1-28(29-14-6-2-7-15-29)48-40(30-16-8-3-9-17-30)49-39(47)33-22-24-35-36-25-23-34(27-38(36)44(45,46)37(35)26-33)43-51-41(31-18-10-4-11-19-31)50-42(52-43)32-20-12-5-13-21-32/h2-27H,1H2,(H2,47,48,49). The Morgan fingerprint density at radius 3 is 1.52 bits per heavy atom. The molecule has 6 aromatic carbocycles. The molecule has 7 aromatic rings. The minimum atomic E-state index is -3.33. The normalized spacial score (nSPS) is 13.3. The molecule has 0 fully saturated rings. The summed E-state index contributed by atoms with van der Waals surface area (Å²) in [5.74, 6) is -1.77. The highest BCUT2D eigenvalue weighted by molar-refractivity contribution is 6.12. The van der Waals surface area contributed by atoms with Gasteiger partial charge in [0.15, 0.2) is 23.3 Å². The lowest BCUT2D eigenvalue weighted by Gasteiger charge is -2.14. The first-order valence-electron chi connectivity index (χ1n) is 16.6. The molecule has 1 heterocycles. The summed E-state index contributed by atoms with van der Waals surface area (Å²) in [5.41, 5.74) is 11.5. The van der Waals surface area contributed by atoms with Crippen molar-refractivity contribution < 1.29 is 8.78 Å². The van der Waals surface area contributed by atoms with Crippen LogP contribution in [0.4, 0.5) is 8.78 Å². The molecule has 2 N–H and O–H groups in total. The largest absolute Gasteiger partial charge is 0.383 e. The zero-order valence-corrected chi connectivity index (χ0v) is 27.8. The van der Waals surface area contributed by atoms with Crippen LogP contribution in [0.15, 0.2) is 174 Å². The Labute approximate surface area is 299 Å². The second-order valence-corrected chi connectivity index (χ2v) is 12.2. The van der Waals surface area contributed by atoms with E-state index in [-0.39, 0.29) is 17.0 Å². The number of alkyl halides is 2. The molecule has 0 unspecified atom stereocenters. The van der Waals surface area contributed by atoms with E-state index in [1.807, 2.05) is 121 Å². The van der Waals surface area contributed by atoms with Crippen LogP contribution in [0.2, 0.25) is 0 Å². The topological polar surface area (TPSA) is 89.4 Å². The van der Waals surface area contributed by atoms with Crippen LogP contribution in [-0.2, 0) is 5.92 Å². The van der Waals surface area contributed by atoms with Gasteiger partial charge in [0, 0.05) is 38.9 Å². The van der Waals surface area contributed by atoms with E-state index in [0.717, 1.165) is 16.7 Å². The van der Waals surface area contributed by atoms with Crippen LogP contribution in [0, 0.1) is 0 Å². The van der Waals surface area contributed by atoms with Gasteiger partial charge in [-0.2, -0.15) is 8.78 Å². The van der Waals surface area contributed by atoms with Gasteiger partial charge < -0.3 is 5.73 Å². The number of nitrogens with two attached hydrogens (primary N) is 1. The van der Waals surface area contributed by atoms with Crippen LogP contribution in [0.1, 0.15) is 27.8 Å². The maximum Gasteiger partial charge on any atom is 0.299 e. The fraction of sp³-hybridized carbons (Fsp3) is 0.0227. The van der Waals surface area contributed by atoms with E-state index in [0.29, 0.717) is 56.8 Å². The second kappa shape index (κ2) is 13.4. The van der Waals surface area contributed by atoms with Crippen LogP contribution >= 0.6 is 0 Å². The number of aromatic nitrogens is 3. The third-order valence-electron chi connectivity index (χ3n) is 8.87. The molecule has 0 saturated carbocycles. The van der Waals surface area contributed by atoms with E-state index in [4.69, 9.17) is 25.7 Å². The van der Waals surface area contributed by atoms with Crippen molar-refractivity contribution in [2.75, 3.05) is 0 Å². The third-order valence-corrected chi connectivity index (χ3v) is 8.87. The monoisotopic (exact) mass is 680 g/mol. The van der Waals surface area contributed by atoms with Crippen LogP contribution in [-0.4, -0.2) is 26.6 Å². The highest BCUT2D eigenvalue weighted by Gasteiger charge is 2.45. The first kappa shape index (κ1) is 32.3. The number of hydrogen-bond donors (Lipinski definition) is 1. The lowest BCUT2D eigenvalue weighted by atomic mass is 10.0. The van der Waals surface area contributed by atoms with E-state index in [2.05, 4.69) is 11.6 Å². The van der Waals surface area contributed by atoms with Gasteiger partial charge in [0.1, 0.15) is 5.84 Å². The maximum atomic E-state index is 16.5. The lowest BCUT2D eigenvalue weighted by Crippen LogP contribution is -2.18. The summed E-state index contributed by atoms with van der Waals surface area (Å²) in [6.07, 6.45) is 0. The summed E-state index contributed by atoms with van der Waals surface area (Å²) in [6.45, 7) is 4.12. The van der Waals surface area contributed by atoms with Crippen molar-refractivity contribution in [2.24, 2.45) is 15.7 Å². The lowest BCUT2D eigenvalue weighted by molar-refractivity contribution is 0.0480. The average molecular weight is 681 g/mol. The molecule has 0 radical (unpaired) electrons. The summed E-state index contributed by atoms with van der Waals surface area (Å²) >= 11 is 0. The molecule has 250 valence electrons. The molecule has 1 aliphatic carbocycles. The molecule has 0 spiro atoms. The number of aliphatic imine (C=N–C) groups is 2. The van der Waals surface area contributed by atoms with Gasteiger partial charge in [-0.15, -0.1) is 0 Å². The molecule has 0 aliphatic heterocycles. The molecule has 0 saturated heterocycles. The van der Waals surface area contributed by atoms with Crippen molar-refractivity contribution in [1.29, 1.82) is 0 Å². The van der Waals surface area contributed by atoms with Gasteiger partial charge in [0.25, 0.3) is 5.92 Å². The Morgan fingerprint density at radius 2 is 0.962 bits per heavy atom. The zero-order valence-electron chi connectivity index (χ0n) is 27.8. The SMILES string of the molecule is C=C(/N=C(\N=C(/N)c1ccc2c(c1)C(F)(F)c1cc(-c3nc(-c4ccccc4)nc(-c4ccccc4)n3)ccc1-2)c1ccccc1)c1ccccc1. The van der Waals surface area contributed by atoms with Crippen molar-refractivity contribution in [1.82, 2.24) is 15.0 Å². The van der Waals surface area contributed by atoms with Crippen molar-refractivity contribution >= 4 is 17.4 Å². The Bertz CT molecular complexity index is 2440. The van der Waals surface area contributed by atoms with Gasteiger partial charge in [0.2, 0.25) is 0 Å². The van der Waals surface area contributed by atoms with Crippen LogP contribution in [0.5, 0.6) is 0 Å².